The molecule has 0 bridgehead atoms. The molecule has 6 aromatic rings. The first-order valence-corrected chi connectivity index (χ1v) is 17.8. The number of rotatable bonds is 11. The second-order valence-corrected chi connectivity index (χ2v) is 14.3. The van der Waals surface area contributed by atoms with Crippen LogP contribution in [0.25, 0.3) is 22.2 Å². The normalized spacial score (nSPS) is 13.7. The molecule has 0 saturated carbocycles. The summed E-state index contributed by atoms with van der Waals surface area (Å²) in [4.78, 5) is 31.7. The van der Waals surface area contributed by atoms with Gasteiger partial charge in [0.1, 0.15) is 31.2 Å². The zero-order valence-electron chi connectivity index (χ0n) is 30.4. The summed E-state index contributed by atoms with van der Waals surface area (Å²) < 4.78 is 26.5. The van der Waals surface area contributed by atoms with Crippen LogP contribution >= 0.6 is 0 Å². The molecule has 9 nitrogen and oxygen atoms in total. The number of carbonyl (C=O) groups excluding carboxylic acids is 2. The number of nitrogens with one attached hydrogen (secondary N) is 1. The summed E-state index contributed by atoms with van der Waals surface area (Å²) >= 11 is 0. The molecule has 9 heteroatoms. The number of hydrogen-bond acceptors (Lipinski definition) is 7. The van der Waals surface area contributed by atoms with E-state index in [2.05, 4.69) is 28.1 Å². The van der Waals surface area contributed by atoms with E-state index in [4.69, 9.17) is 23.9 Å². The number of carbonyl (C=O) groups is 2. The molecule has 1 amide bonds. The van der Waals surface area contributed by atoms with Gasteiger partial charge in [-0.2, -0.15) is 0 Å². The van der Waals surface area contributed by atoms with E-state index in [1.165, 1.54) is 0 Å². The molecule has 3 heterocycles. The zero-order valence-corrected chi connectivity index (χ0v) is 30.4. The van der Waals surface area contributed by atoms with Gasteiger partial charge in [0.15, 0.2) is 5.56 Å². The average Bonchev–Trinajstić information content (AvgIpc) is 3.70. The van der Waals surface area contributed by atoms with Gasteiger partial charge in [-0.15, -0.1) is 0 Å². The largest absolute Gasteiger partial charge is 0.487 e. The van der Waals surface area contributed by atoms with E-state index in [1.54, 1.807) is 0 Å². The van der Waals surface area contributed by atoms with Crippen molar-refractivity contribution in [2.75, 3.05) is 0 Å². The van der Waals surface area contributed by atoms with Crippen molar-refractivity contribution in [3.05, 3.63) is 149 Å². The molecule has 1 atom stereocenters. The molecule has 1 aliphatic rings. The summed E-state index contributed by atoms with van der Waals surface area (Å²) in [7, 11) is 0. The predicted octanol–water partition coefficient (Wildman–Crippen LogP) is 8.98. The minimum Gasteiger partial charge on any atom is -0.487 e. The Labute approximate surface area is 309 Å². The Morgan fingerprint density at radius 2 is 1.40 bits per heavy atom. The summed E-state index contributed by atoms with van der Waals surface area (Å²) in [5.41, 5.74) is 6.55. The number of amides is 1. The van der Waals surface area contributed by atoms with Crippen molar-refractivity contribution in [3.8, 4) is 22.9 Å². The Bertz CT molecular complexity index is 2230. The fraction of sp³-hybridized carbons (Fsp3) is 0.250. The van der Waals surface area contributed by atoms with E-state index >= 15 is 0 Å². The van der Waals surface area contributed by atoms with Crippen LogP contribution in [0.5, 0.6) is 11.6 Å². The standard InChI is InChI=1S/C44H43N3O6/c1-29-39(34-21-20-33-22-36-24-35(25-47(36)37(33)23-34)45-43(49)53-44(2,3)4)46-41(51-27-31-16-10-6-11-17-31)38(40(29)50-26-30-14-8-5-9-15-30)42(48)52-28-32-18-12-7-13-19-32/h5-23,35H,24-28H2,1-4H3,(H,45,49). The maximum absolute atomic E-state index is 14.1. The van der Waals surface area contributed by atoms with Gasteiger partial charge >= 0.3 is 12.1 Å². The first-order valence-electron chi connectivity index (χ1n) is 17.8. The van der Waals surface area contributed by atoms with Crippen LogP contribution in [-0.4, -0.2) is 33.3 Å². The molecule has 4 aromatic carbocycles. The van der Waals surface area contributed by atoms with Crippen LogP contribution in [0.1, 0.15) is 59.1 Å². The van der Waals surface area contributed by atoms with E-state index < -0.39 is 17.7 Å². The molecule has 53 heavy (non-hydrogen) atoms. The Kier molecular flexibility index (Phi) is 10.2. The number of hydrogen-bond donors (Lipinski definition) is 1. The molecular formula is C44H43N3O6. The summed E-state index contributed by atoms with van der Waals surface area (Å²) in [5, 5.41) is 4.11. The van der Waals surface area contributed by atoms with Crippen LogP contribution in [0.2, 0.25) is 0 Å². The van der Waals surface area contributed by atoms with Crippen molar-refractivity contribution in [2.24, 2.45) is 0 Å². The number of aromatic nitrogens is 2. The first kappa shape index (κ1) is 35.3. The van der Waals surface area contributed by atoms with Gasteiger partial charge in [-0.05, 0) is 61.9 Å². The van der Waals surface area contributed by atoms with Crippen LogP contribution in [0.3, 0.4) is 0 Å². The second-order valence-electron chi connectivity index (χ2n) is 14.3. The molecule has 0 fully saturated rings. The van der Waals surface area contributed by atoms with Crippen LogP contribution in [0.4, 0.5) is 4.79 Å². The van der Waals surface area contributed by atoms with Gasteiger partial charge in [0.05, 0.1) is 11.7 Å². The third-order valence-corrected chi connectivity index (χ3v) is 9.05. The molecule has 7 rings (SSSR count). The fourth-order valence-corrected chi connectivity index (χ4v) is 6.58. The first-order chi connectivity index (χ1) is 25.6. The van der Waals surface area contributed by atoms with Crippen molar-refractivity contribution in [1.29, 1.82) is 0 Å². The van der Waals surface area contributed by atoms with E-state index in [-0.39, 0.29) is 37.3 Å². The molecular weight excluding hydrogens is 666 g/mol. The maximum atomic E-state index is 14.1. The second kappa shape index (κ2) is 15.3. The van der Waals surface area contributed by atoms with Gasteiger partial charge in [-0.25, -0.2) is 14.6 Å². The Morgan fingerprint density at radius 3 is 2.02 bits per heavy atom. The molecule has 1 N–H and O–H groups in total. The van der Waals surface area contributed by atoms with Crippen LogP contribution in [0, 0.1) is 6.92 Å². The van der Waals surface area contributed by atoms with E-state index in [0.717, 1.165) is 38.9 Å². The molecule has 1 unspecified atom stereocenters. The molecule has 2 aromatic heterocycles. The summed E-state index contributed by atoms with van der Waals surface area (Å²) in [6.07, 6.45) is 0.265. The van der Waals surface area contributed by atoms with Gasteiger partial charge in [-0.3, -0.25) is 0 Å². The molecule has 0 saturated heterocycles. The highest BCUT2D eigenvalue weighted by Crippen LogP contribution is 2.40. The van der Waals surface area contributed by atoms with Crippen LogP contribution < -0.4 is 14.8 Å². The number of benzene rings is 4. The van der Waals surface area contributed by atoms with E-state index in [9.17, 15) is 9.59 Å². The highest BCUT2D eigenvalue weighted by atomic mass is 16.6. The van der Waals surface area contributed by atoms with Gasteiger partial charge in [0.2, 0.25) is 5.88 Å². The lowest BCUT2D eigenvalue weighted by atomic mass is 10.0. The van der Waals surface area contributed by atoms with Crippen molar-refractivity contribution >= 4 is 23.0 Å². The summed E-state index contributed by atoms with van der Waals surface area (Å²) in [6.45, 7) is 8.56. The predicted molar refractivity (Wildman–Crippen MR) is 204 cm³/mol. The number of alkyl carbamates (subject to hydrolysis) is 1. The van der Waals surface area contributed by atoms with E-state index in [1.807, 2.05) is 125 Å². The Hall–Kier alpha value is -6.09. The quantitative estimate of drug-likeness (QED) is 0.134. The molecule has 0 aliphatic carbocycles. The highest BCUT2D eigenvalue weighted by Gasteiger charge is 2.30. The minimum atomic E-state index is -0.592. The van der Waals surface area contributed by atoms with Gasteiger partial charge in [0, 0.05) is 35.3 Å². The number of esters is 1. The summed E-state index contributed by atoms with van der Waals surface area (Å²) in [6, 6.07) is 37.3. The van der Waals surface area contributed by atoms with E-state index in [0.29, 0.717) is 30.0 Å². The molecule has 1 aliphatic heterocycles. The smallest absolute Gasteiger partial charge is 0.407 e. The number of fused-ring (bicyclic) bond motifs is 3. The third-order valence-electron chi connectivity index (χ3n) is 9.05. The van der Waals surface area contributed by atoms with Crippen LogP contribution in [-0.2, 0) is 42.3 Å². The van der Waals surface area contributed by atoms with Crippen molar-refractivity contribution in [1.82, 2.24) is 14.9 Å². The SMILES string of the molecule is Cc1c(-c2ccc3cc4n(c3c2)CC(NC(=O)OC(C)(C)C)C4)nc(OCc2ccccc2)c(C(=O)OCc2ccccc2)c1OCc1ccccc1. The van der Waals surface area contributed by atoms with Crippen molar-refractivity contribution in [2.45, 2.75) is 72.1 Å². The van der Waals surface area contributed by atoms with Gasteiger partial charge in [0.25, 0.3) is 0 Å². The minimum absolute atomic E-state index is 0.0799. The monoisotopic (exact) mass is 709 g/mol. The molecule has 270 valence electrons. The number of pyridine rings is 1. The Balaban J connectivity index is 1.27. The van der Waals surface area contributed by atoms with Gasteiger partial charge in [-0.1, -0.05) is 103 Å². The Morgan fingerprint density at radius 1 is 0.792 bits per heavy atom. The van der Waals surface area contributed by atoms with Crippen molar-refractivity contribution < 1.29 is 28.5 Å². The molecule has 0 spiro atoms. The summed E-state index contributed by atoms with van der Waals surface area (Å²) in [5.74, 6) is -0.120. The third kappa shape index (κ3) is 8.36. The lowest BCUT2D eigenvalue weighted by Crippen LogP contribution is -2.39. The topological polar surface area (TPSA) is 101 Å². The number of ether oxygens (including phenoxy) is 4. The van der Waals surface area contributed by atoms with Crippen molar-refractivity contribution in [3.63, 3.8) is 0 Å². The highest BCUT2D eigenvalue weighted by molar-refractivity contribution is 5.97. The lowest BCUT2D eigenvalue weighted by Gasteiger charge is -2.21. The number of nitrogens with zero attached hydrogens (tertiary/aromatic N) is 2. The lowest BCUT2D eigenvalue weighted by molar-refractivity contribution is 0.0458. The van der Waals surface area contributed by atoms with Gasteiger partial charge < -0.3 is 28.8 Å². The zero-order chi connectivity index (χ0) is 37.0. The molecule has 0 radical (unpaired) electrons. The van der Waals surface area contributed by atoms with Crippen LogP contribution in [0.15, 0.2) is 115 Å². The average molecular weight is 710 g/mol. The fourth-order valence-electron chi connectivity index (χ4n) is 6.58. The maximum Gasteiger partial charge on any atom is 0.407 e.